The summed E-state index contributed by atoms with van der Waals surface area (Å²) in [6, 6.07) is 1.61. The number of alkyl halides is 1. The molecule has 5 heteroatoms. The Morgan fingerprint density at radius 1 is 1.64 bits per heavy atom. The van der Waals surface area contributed by atoms with Crippen molar-refractivity contribution in [1.82, 2.24) is 9.97 Å². The lowest BCUT2D eigenvalue weighted by Crippen LogP contribution is -2.14. The molecular formula is C6H7ClFN3. The summed E-state index contributed by atoms with van der Waals surface area (Å²) in [6.07, 6.45) is 2.92. The Hall–Kier alpha value is -0.900. The topological polar surface area (TPSA) is 29.0 Å². The van der Waals surface area contributed by atoms with Gasteiger partial charge in [-0.1, -0.05) is 0 Å². The van der Waals surface area contributed by atoms with Gasteiger partial charge in [-0.2, -0.15) is 0 Å². The summed E-state index contributed by atoms with van der Waals surface area (Å²) in [5.74, 6) is 0.513. The number of rotatable bonds is 3. The zero-order chi connectivity index (χ0) is 8.10. The van der Waals surface area contributed by atoms with Gasteiger partial charge in [0.05, 0.1) is 6.54 Å². The fraction of sp³-hybridized carbons (Fsp3) is 0.333. The standard InChI is InChI=1S/C6H7ClFN3/c7-11(4-2-8)6-1-3-9-5-10-6/h1,3,5H,2,4H2. The van der Waals surface area contributed by atoms with E-state index in [0.717, 1.165) is 0 Å². The number of hydrogen-bond donors (Lipinski definition) is 0. The lowest BCUT2D eigenvalue weighted by molar-refractivity contribution is 0.504. The fourth-order valence-corrected chi connectivity index (χ4v) is 0.780. The summed E-state index contributed by atoms with van der Waals surface area (Å²) in [5, 5.41) is 0. The summed E-state index contributed by atoms with van der Waals surface area (Å²) in [4.78, 5) is 7.51. The van der Waals surface area contributed by atoms with Crippen LogP contribution in [0.3, 0.4) is 0 Å². The first-order valence-electron chi connectivity index (χ1n) is 3.10. The van der Waals surface area contributed by atoms with E-state index in [-0.39, 0.29) is 6.54 Å². The quantitative estimate of drug-likeness (QED) is 0.651. The van der Waals surface area contributed by atoms with Gasteiger partial charge in [0.1, 0.15) is 18.8 Å². The van der Waals surface area contributed by atoms with Gasteiger partial charge in [0, 0.05) is 24.0 Å². The number of nitrogens with zero attached hydrogens (tertiary/aromatic N) is 3. The van der Waals surface area contributed by atoms with Gasteiger partial charge in [0.25, 0.3) is 0 Å². The van der Waals surface area contributed by atoms with Crippen molar-refractivity contribution in [2.75, 3.05) is 17.6 Å². The fourth-order valence-electron chi connectivity index (χ4n) is 0.616. The highest BCUT2D eigenvalue weighted by Gasteiger charge is 2.01. The van der Waals surface area contributed by atoms with Crippen LogP contribution in [0, 0.1) is 0 Å². The number of anilines is 1. The monoisotopic (exact) mass is 175 g/mol. The zero-order valence-corrected chi connectivity index (χ0v) is 6.50. The van der Waals surface area contributed by atoms with Gasteiger partial charge in [0.2, 0.25) is 0 Å². The van der Waals surface area contributed by atoms with E-state index in [2.05, 4.69) is 9.97 Å². The van der Waals surface area contributed by atoms with Crippen molar-refractivity contribution in [2.45, 2.75) is 0 Å². The average molecular weight is 176 g/mol. The van der Waals surface area contributed by atoms with Gasteiger partial charge in [-0.15, -0.1) is 0 Å². The van der Waals surface area contributed by atoms with Crippen molar-refractivity contribution < 1.29 is 4.39 Å². The Kier molecular flexibility index (Phi) is 3.04. The average Bonchev–Trinajstić information content (AvgIpc) is 2.07. The van der Waals surface area contributed by atoms with Crippen molar-refractivity contribution in [3.05, 3.63) is 18.6 Å². The minimum atomic E-state index is -0.493. The van der Waals surface area contributed by atoms with E-state index in [4.69, 9.17) is 11.8 Å². The minimum absolute atomic E-state index is 0.137. The predicted molar refractivity (Wildman–Crippen MR) is 41.2 cm³/mol. The molecule has 0 saturated carbocycles. The molecule has 0 N–H and O–H groups in total. The molecule has 0 unspecified atom stereocenters. The largest absolute Gasteiger partial charge is 0.266 e. The van der Waals surface area contributed by atoms with Gasteiger partial charge >= 0.3 is 0 Å². The molecule has 11 heavy (non-hydrogen) atoms. The van der Waals surface area contributed by atoms with Crippen LogP contribution < -0.4 is 4.42 Å². The van der Waals surface area contributed by atoms with E-state index in [1.165, 1.54) is 10.7 Å². The molecule has 0 bridgehead atoms. The molecule has 0 amide bonds. The van der Waals surface area contributed by atoms with Crippen molar-refractivity contribution in [3.8, 4) is 0 Å². The number of aromatic nitrogens is 2. The molecule has 0 atom stereocenters. The van der Waals surface area contributed by atoms with Crippen LogP contribution in [0.1, 0.15) is 0 Å². The van der Waals surface area contributed by atoms with Gasteiger partial charge in [-0.25, -0.2) is 14.4 Å². The highest BCUT2D eigenvalue weighted by Crippen LogP contribution is 2.09. The molecule has 3 nitrogen and oxygen atoms in total. The Balaban J connectivity index is 2.61. The SMILES string of the molecule is FCCN(Cl)c1ccncn1. The molecule has 0 aliphatic carbocycles. The first kappa shape index (κ1) is 8.20. The summed E-state index contributed by atoms with van der Waals surface area (Å²) in [6.45, 7) is -0.355. The normalized spacial score (nSPS) is 9.64. The molecule has 0 spiro atoms. The lowest BCUT2D eigenvalue weighted by Gasteiger charge is -2.10. The second-order valence-corrected chi connectivity index (χ2v) is 2.25. The Bertz CT molecular complexity index is 206. The predicted octanol–water partition coefficient (Wildman–Crippen LogP) is 1.41. The van der Waals surface area contributed by atoms with Gasteiger partial charge in [0.15, 0.2) is 0 Å². The zero-order valence-electron chi connectivity index (χ0n) is 5.74. The van der Waals surface area contributed by atoms with Crippen molar-refractivity contribution in [3.63, 3.8) is 0 Å². The number of halogens is 2. The van der Waals surface area contributed by atoms with Gasteiger partial charge in [-0.3, -0.25) is 4.42 Å². The van der Waals surface area contributed by atoms with E-state index in [1.54, 1.807) is 12.3 Å². The van der Waals surface area contributed by atoms with Crippen molar-refractivity contribution in [2.24, 2.45) is 0 Å². The maximum absolute atomic E-state index is 11.8. The molecule has 60 valence electrons. The van der Waals surface area contributed by atoms with Crippen molar-refractivity contribution >= 4 is 17.6 Å². The van der Waals surface area contributed by atoms with Gasteiger partial charge in [-0.05, 0) is 0 Å². The van der Waals surface area contributed by atoms with Crippen molar-refractivity contribution in [1.29, 1.82) is 0 Å². The first-order valence-corrected chi connectivity index (χ1v) is 3.43. The maximum atomic E-state index is 11.8. The first-order chi connectivity index (χ1) is 5.34. The summed E-state index contributed by atoms with van der Waals surface area (Å²) in [5.41, 5.74) is 0. The van der Waals surface area contributed by atoms with Crippen LogP contribution in [0.5, 0.6) is 0 Å². The lowest BCUT2D eigenvalue weighted by atomic mass is 10.5. The smallest absolute Gasteiger partial charge is 0.146 e. The molecule has 0 aromatic carbocycles. The van der Waals surface area contributed by atoms with E-state index in [0.29, 0.717) is 5.82 Å². The molecule has 1 rings (SSSR count). The van der Waals surface area contributed by atoms with Gasteiger partial charge < -0.3 is 0 Å². The maximum Gasteiger partial charge on any atom is 0.146 e. The third-order valence-corrected chi connectivity index (χ3v) is 1.44. The van der Waals surface area contributed by atoms with Crippen LogP contribution in [-0.4, -0.2) is 23.2 Å². The second-order valence-electron chi connectivity index (χ2n) is 1.84. The Morgan fingerprint density at radius 2 is 2.45 bits per heavy atom. The molecule has 0 aliphatic heterocycles. The summed E-state index contributed by atoms with van der Waals surface area (Å²) < 4.78 is 13.0. The molecule has 1 heterocycles. The Morgan fingerprint density at radius 3 is 3.00 bits per heavy atom. The van der Waals surface area contributed by atoms with E-state index in [9.17, 15) is 4.39 Å². The molecule has 0 saturated heterocycles. The van der Waals surface area contributed by atoms with Crippen LogP contribution in [0.15, 0.2) is 18.6 Å². The molecule has 0 aliphatic rings. The minimum Gasteiger partial charge on any atom is -0.266 e. The van der Waals surface area contributed by atoms with Crippen LogP contribution in [0.4, 0.5) is 10.2 Å². The third-order valence-electron chi connectivity index (χ3n) is 1.10. The van der Waals surface area contributed by atoms with E-state index in [1.807, 2.05) is 0 Å². The highest BCUT2D eigenvalue weighted by molar-refractivity contribution is 6.25. The van der Waals surface area contributed by atoms with Crippen LogP contribution in [0.25, 0.3) is 0 Å². The van der Waals surface area contributed by atoms with Crippen LogP contribution in [0.2, 0.25) is 0 Å². The van der Waals surface area contributed by atoms with E-state index >= 15 is 0 Å². The second kappa shape index (κ2) is 4.08. The Labute approximate surface area is 68.9 Å². The highest BCUT2D eigenvalue weighted by atomic mass is 35.5. The third kappa shape index (κ3) is 2.31. The van der Waals surface area contributed by atoms with Crippen LogP contribution >= 0.6 is 11.8 Å². The molecule has 1 aromatic heterocycles. The summed E-state index contributed by atoms with van der Waals surface area (Å²) in [7, 11) is 0. The summed E-state index contributed by atoms with van der Waals surface area (Å²) >= 11 is 5.61. The molecule has 0 fully saturated rings. The molecule has 1 aromatic rings. The molecular weight excluding hydrogens is 169 g/mol. The van der Waals surface area contributed by atoms with Crippen LogP contribution in [-0.2, 0) is 0 Å². The number of hydrogen-bond acceptors (Lipinski definition) is 3. The molecule has 0 radical (unpaired) electrons. The van der Waals surface area contributed by atoms with E-state index < -0.39 is 6.67 Å².